The van der Waals surface area contributed by atoms with Crippen molar-refractivity contribution in [2.75, 3.05) is 0 Å². The van der Waals surface area contributed by atoms with Crippen LogP contribution in [0.2, 0.25) is 0 Å². The SMILES string of the molecule is CC(Br)Cc1cccc2c1c(=O)c1cc3c(cc1n2C)c(=O)c1ccccc1n3C. The van der Waals surface area contributed by atoms with Crippen LogP contribution in [0.3, 0.4) is 0 Å². The number of alkyl halides is 1. The zero-order valence-electron chi connectivity index (χ0n) is 17.1. The van der Waals surface area contributed by atoms with Gasteiger partial charge >= 0.3 is 0 Å². The molecule has 0 saturated carbocycles. The van der Waals surface area contributed by atoms with Crippen LogP contribution in [0, 0.1) is 0 Å². The Kier molecular flexibility index (Phi) is 4.33. The van der Waals surface area contributed by atoms with E-state index < -0.39 is 0 Å². The molecular formula is C25H21BrN2O2. The summed E-state index contributed by atoms with van der Waals surface area (Å²) in [5.74, 6) is 0. The molecule has 1 unspecified atom stereocenters. The first kappa shape index (κ1) is 19.1. The fraction of sp³-hybridized carbons (Fsp3) is 0.200. The average molecular weight is 461 g/mol. The predicted molar refractivity (Wildman–Crippen MR) is 129 cm³/mol. The molecule has 0 bridgehead atoms. The number of hydrogen-bond acceptors (Lipinski definition) is 2. The molecule has 0 amide bonds. The first-order chi connectivity index (χ1) is 14.4. The number of aromatic nitrogens is 2. The zero-order valence-corrected chi connectivity index (χ0v) is 18.7. The maximum absolute atomic E-state index is 13.6. The van der Waals surface area contributed by atoms with Gasteiger partial charge in [-0.2, -0.15) is 0 Å². The topological polar surface area (TPSA) is 44.0 Å². The Morgan fingerprint density at radius 3 is 2.07 bits per heavy atom. The van der Waals surface area contributed by atoms with Crippen LogP contribution in [0.5, 0.6) is 0 Å². The van der Waals surface area contributed by atoms with Crippen molar-refractivity contribution in [3.8, 4) is 0 Å². The van der Waals surface area contributed by atoms with Gasteiger partial charge in [0.15, 0.2) is 10.9 Å². The second-order valence-electron chi connectivity index (χ2n) is 7.98. The van der Waals surface area contributed by atoms with E-state index in [9.17, 15) is 9.59 Å². The summed E-state index contributed by atoms with van der Waals surface area (Å²) in [4.78, 5) is 27.1. The molecule has 5 rings (SSSR count). The van der Waals surface area contributed by atoms with E-state index >= 15 is 0 Å². The molecule has 5 aromatic rings. The molecule has 30 heavy (non-hydrogen) atoms. The highest BCUT2D eigenvalue weighted by Crippen LogP contribution is 2.27. The number of halogens is 1. The molecular weight excluding hydrogens is 440 g/mol. The number of rotatable bonds is 2. The van der Waals surface area contributed by atoms with Crippen molar-refractivity contribution in [1.29, 1.82) is 0 Å². The molecule has 0 aliphatic rings. The minimum absolute atomic E-state index is 0.00462. The fourth-order valence-electron chi connectivity index (χ4n) is 4.59. The van der Waals surface area contributed by atoms with Gasteiger partial charge in [0.1, 0.15) is 0 Å². The van der Waals surface area contributed by atoms with Gasteiger partial charge in [0.2, 0.25) is 0 Å². The standard InChI is InChI=1S/C25H21BrN2O2/c1-14(26)11-15-7-6-10-20-23(15)25(30)18-13-21-17(12-22(18)28(20)3)24(29)16-8-4-5-9-19(16)27(21)2/h4-10,12-14H,11H2,1-3H3. The lowest BCUT2D eigenvalue weighted by molar-refractivity contribution is 0.959. The smallest absolute Gasteiger partial charge is 0.197 e. The molecule has 2 aromatic heterocycles. The Morgan fingerprint density at radius 1 is 0.767 bits per heavy atom. The maximum atomic E-state index is 13.6. The third-order valence-corrected chi connectivity index (χ3v) is 6.38. The number of nitrogens with zero attached hydrogens (tertiary/aromatic N) is 2. The lowest BCUT2D eigenvalue weighted by Gasteiger charge is -2.16. The largest absolute Gasteiger partial charge is 0.343 e. The van der Waals surface area contributed by atoms with E-state index in [2.05, 4.69) is 22.9 Å². The van der Waals surface area contributed by atoms with E-state index in [1.54, 1.807) is 0 Å². The van der Waals surface area contributed by atoms with Gasteiger partial charge in [0.25, 0.3) is 0 Å². The van der Waals surface area contributed by atoms with Crippen molar-refractivity contribution < 1.29 is 0 Å². The normalized spacial score (nSPS) is 12.9. The van der Waals surface area contributed by atoms with Crippen molar-refractivity contribution in [1.82, 2.24) is 9.13 Å². The molecule has 1 atom stereocenters. The van der Waals surface area contributed by atoms with Crippen molar-refractivity contribution in [2.45, 2.75) is 18.2 Å². The second-order valence-corrected chi connectivity index (χ2v) is 9.54. The molecule has 2 heterocycles. The minimum atomic E-state index is -0.00462. The Hall–Kier alpha value is -2.92. The number of fused-ring (bicyclic) bond motifs is 4. The van der Waals surface area contributed by atoms with Crippen LogP contribution >= 0.6 is 15.9 Å². The zero-order chi connectivity index (χ0) is 21.2. The number of aryl methyl sites for hydroxylation is 2. The van der Waals surface area contributed by atoms with E-state index in [-0.39, 0.29) is 15.7 Å². The first-order valence-electron chi connectivity index (χ1n) is 9.98. The summed E-state index contributed by atoms with van der Waals surface area (Å²) in [6.45, 7) is 2.08. The van der Waals surface area contributed by atoms with Crippen LogP contribution < -0.4 is 10.9 Å². The molecule has 3 aromatic carbocycles. The van der Waals surface area contributed by atoms with Crippen LogP contribution in [0.4, 0.5) is 0 Å². The molecule has 0 aliphatic carbocycles. The summed E-state index contributed by atoms with van der Waals surface area (Å²) in [5, 5.41) is 2.70. The molecule has 0 radical (unpaired) electrons. The van der Waals surface area contributed by atoms with Crippen molar-refractivity contribution in [2.24, 2.45) is 14.1 Å². The molecule has 0 saturated heterocycles. The molecule has 5 heteroatoms. The van der Waals surface area contributed by atoms with E-state index in [0.717, 1.165) is 39.4 Å². The summed E-state index contributed by atoms with van der Waals surface area (Å²) in [7, 11) is 3.90. The van der Waals surface area contributed by atoms with Crippen LogP contribution in [0.25, 0.3) is 43.6 Å². The Labute approximate surface area is 181 Å². The highest BCUT2D eigenvalue weighted by atomic mass is 79.9. The van der Waals surface area contributed by atoms with Crippen molar-refractivity contribution in [3.05, 3.63) is 80.6 Å². The third-order valence-electron chi connectivity index (χ3n) is 6.05. The van der Waals surface area contributed by atoms with Crippen molar-refractivity contribution >= 4 is 59.5 Å². The van der Waals surface area contributed by atoms with Gasteiger partial charge in [0.05, 0.1) is 22.1 Å². The average Bonchev–Trinajstić information content (AvgIpc) is 2.74. The third kappa shape index (κ3) is 2.65. The molecule has 4 nitrogen and oxygen atoms in total. The van der Waals surface area contributed by atoms with Crippen molar-refractivity contribution in [3.63, 3.8) is 0 Å². The van der Waals surface area contributed by atoms with Crippen LogP contribution in [-0.4, -0.2) is 14.0 Å². The second kappa shape index (κ2) is 6.81. The highest BCUT2D eigenvalue weighted by molar-refractivity contribution is 9.09. The van der Waals surface area contributed by atoms with Gasteiger partial charge in [-0.05, 0) is 42.3 Å². The van der Waals surface area contributed by atoms with Gasteiger partial charge in [-0.1, -0.05) is 47.1 Å². The maximum Gasteiger partial charge on any atom is 0.197 e. The summed E-state index contributed by atoms with van der Waals surface area (Å²) in [6, 6.07) is 17.4. The Balaban J connectivity index is 2.02. The number of benzene rings is 3. The molecule has 150 valence electrons. The summed E-state index contributed by atoms with van der Waals surface area (Å²) < 4.78 is 4.03. The first-order valence-corrected chi connectivity index (χ1v) is 10.9. The van der Waals surface area contributed by atoms with Crippen LogP contribution in [-0.2, 0) is 20.5 Å². The lowest BCUT2D eigenvalue weighted by atomic mass is 10.00. The van der Waals surface area contributed by atoms with E-state index in [1.165, 1.54) is 0 Å². The van der Waals surface area contributed by atoms with Gasteiger partial charge < -0.3 is 9.13 Å². The summed E-state index contributed by atoms with van der Waals surface area (Å²) in [6.07, 6.45) is 0.773. The van der Waals surface area contributed by atoms with Gasteiger partial charge in [0, 0.05) is 40.5 Å². The van der Waals surface area contributed by atoms with Gasteiger partial charge in [-0.25, -0.2) is 0 Å². The summed E-state index contributed by atoms with van der Waals surface area (Å²) >= 11 is 3.62. The van der Waals surface area contributed by atoms with E-state index in [1.807, 2.05) is 77.8 Å². The molecule has 0 fully saturated rings. The number of pyridine rings is 2. The monoisotopic (exact) mass is 460 g/mol. The Morgan fingerprint density at radius 2 is 1.37 bits per heavy atom. The van der Waals surface area contributed by atoms with E-state index in [0.29, 0.717) is 16.2 Å². The fourth-order valence-corrected chi connectivity index (χ4v) is 4.94. The Bertz CT molecular complexity index is 1610. The quantitative estimate of drug-likeness (QED) is 0.274. The van der Waals surface area contributed by atoms with Gasteiger partial charge in [-0.3, -0.25) is 9.59 Å². The number of hydrogen-bond donors (Lipinski definition) is 0. The highest BCUT2D eigenvalue weighted by Gasteiger charge is 2.16. The predicted octanol–water partition coefficient (Wildman–Crippen LogP) is 5.02. The van der Waals surface area contributed by atoms with Crippen LogP contribution in [0.15, 0.2) is 64.2 Å². The molecule has 0 N–H and O–H groups in total. The minimum Gasteiger partial charge on any atom is -0.343 e. The molecule has 0 spiro atoms. The lowest BCUT2D eigenvalue weighted by Crippen LogP contribution is -2.15. The summed E-state index contributed by atoms with van der Waals surface area (Å²) in [5.41, 5.74) is 4.34. The molecule has 0 aliphatic heterocycles. The van der Waals surface area contributed by atoms with Crippen LogP contribution in [0.1, 0.15) is 12.5 Å². The van der Waals surface area contributed by atoms with E-state index in [4.69, 9.17) is 0 Å². The number of para-hydroxylation sites is 1. The van der Waals surface area contributed by atoms with Gasteiger partial charge in [-0.15, -0.1) is 0 Å².